The number of amides is 1. The number of rotatable bonds is 6. The molecule has 0 aromatic heterocycles. The summed E-state index contributed by atoms with van der Waals surface area (Å²) in [5, 5.41) is 16.5. The van der Waals surface area contributed by atoms with E-state index in [1.807, 2.05) is 13.8 Å². The SMILES string of the molecule is CC(C)CNC(=O)CNc1c(Cl)cccc1[N+](=O)[O-]. The number of nitro groups is 1. The molecule has 104 valence electrons. The molecular weight excluding hydrogens is 270 g/mol. The van der Waals surface area contributed by atoms with Gasteiger partial charge in [-0.1, -0.05) is 31.5 Å². The van der Waals surface area contributed by atoms with Gasteiger partial charge < -0.3 is 10.6 Å². The average molecular weight is 286 g/mol. The van der Waals surface area contributed by atoms with Crippen LogP contribution in [0.2, 0.25) is 5.02 Å². The average Bonchev–Trinajstić information content (AvgIpc) is 2.34. The summed E-state index contributed by atoms with van der Waals surface area (Å²) in [5.74, 6) is 0.113. The van der Waals surface area contributed by atoms with Gasteiger partial charge in [-0.2, -0.15) is 0 Å². The van der Waals surface area contributed by atoms with Crippen LogP contribution in [-0.4, -0.2) is 23.9 Å². The summed E-state index contributed by atoms with van der Waals surface area (Å²) < 4.78 is 0. The first-order chi connectivity index (χ1) is 8.91. The molecule has 0 unspecified atom stereocenters. The minimum Gasteiger partial charge on any atom is -0.369 e. The van der Waals surface area contributed by atoms with Crippen LogP contribution in [0.3, 0.4) is 0 Å². The second-order valence-corrected chi connectivity index (χ2v) is 4.85. The van der Waals surface area contributed by atoms with Crippen LogP contribution < -0.4 is 10.6 Å². The highest BCUT2D eigenvalue weighted by molar-refractivity contribution is 6.33. The van der Waals surface area contributed by atoms with Gasteiger partial charge in [0.25, 0.3) is 5.69 Å². The van der Waals surface area contributed by atoms with Gasteiger partial charge in [-0.25, -0.2) is 0 Å². The molecule has 6 nitrogen and oxygen atoms in total. The lowest BCUT2D eigenvalue weighted by atomic mass is 10.2. The Morgan fingerprint density at radius 2 is 2.16 bits per heavy atom. The molecule has 0 aliphatic carbocycles. The van der Waals surface area contributed by atoms with Crippen molar-refractivity contribution >= 4 is 28.9 Å². The van der Waals surface area contributed by atoms with E-state index in [4.69, 9.17) is 11.6 Å². The Morgan fingerprint density at radius 3 is 2.74 bits per heavy atom. The number of hydrogen-bond donors (Lipinski definition) is 2. The van der Waals surface area contributed by atoms with Crippen LogP contribution in [0.25, 0.3) is 0 Å². The zero-order valence-electron chi connectivity index (χ0n) is 10.8. The molecule has 7 heteroatoms. The number of hydrogen-bond acceptors (Lipinski definition) is 4. The molecule has 1 rings (SSSR count). The lowest BCUT2D eigenvalue weighted by Gasteiger charge is -2.10. The summed E-state index contributed by atoms with van der Waals surface area (Å²) in [7, 11) is 0. The van der Waals surface area contributed by atoms with Crippen molar-refractivity contribution in [3.05, 3.63) is 33.3 Å². The number of carbonyl (C=O) groups excluding carboxylic acids is 1. The molecular formula is C12H16ClN3O3. The van der Waals surface area contributed by atoms with Gasteiger partial charge in [-0.15, -0.1) is 0 Å². The number of para-hydroxylation sites is 1. The molecule has 0 spiro atoms. The molecule has 19 heavy (non-hydrogen) atoms. The molecule has 0 bridgehead atoms. The van der Waals surface area contributed by atoms with E-state index in [9.17, 15) is 14.9 Å². The summed E-state index contributed by atoms with van der Waals surface area (Å²) in [4.78, 5) is 21.8. The molecule has 0 atom stereocenters. The molecule has 1 aromatic rings. The van der Waals surface area contributed by atoms with Crippen molar-refractivity contribution in [3.63, 3.8) is 0 Å². The normalized spacial score (nSPS) is 10.3. The van der Waals surface area contributed by atoms with Crippen LogP contribution in [0, 0.1) is 16.0 Å². The maximum absolute atomic E-state index is 11.5. The van der Waals surface area contributed by atoms with Crippen molar-refractivity contribution in [2.75, 3.05) is 18.4 Å². The van der Waals surface area contributed by atoms with E-state index >= 15 is 0 Å². The Bertz CT molecular complexity index is 477. The highest BCUT2D eigenvalue weighted by Crippen LogP contribution is 2.31. The van der Waals surface area contributed by atoms with Crippen molar-refractivity contribution in [2.24, 2.45) is 5.92 Å². The number of benzene rings is 1. The highest BCUT2D eigenvalue weighted by Gasteiger charge is 2.17. The fourth-order valence-corrected chi connectivity index (χ4v) is 1.63. The van der Waals surface area contributed by atoms with Gasteiger partial charge in [-0.05, 0) is 12.0 Å². The predicted molar refractivity (Wildman–Crippen MR) is 74.4 cm³/mol. The Labute approximate surface area is 116 Å². The van der Waals surface area contributed by atoms with Crippen molar-refractivity contribution < 1.29 is 9.72 Å². The summed E-state index contributed by atoms with van der Waals surface area (Å²) in [6.45, 7) is 4.46. The third kappa shape index (κ3) is 4.75. The molecule has 0 heterocycles. The maximum Gasteiger partial charge on any atom is 0.293 e. The zero-order valence-corrected chi connectivity index (χ0v) is 11.5. The Kier molecular flexibility index (Phi) is 5.57. The highest BCUT2D eigenvalue weighted by atomic mass is 35.5. The van der Waals surface area contributed by atoms with Gasteiger partial charge in [0.15, 0.2) is 0 Å². The van der Waals surface area contributed by atoms with Gasteiger partial charge in [0.05, 0.1) is 16.5 Å². The molecule has 1 amide bonds. The van der Waals surface area contributed by atoms with Crippen LogP contribution in [0.4, 0.5) is 11.4 Å². The van der Waals surface area contributed by atoms with Crippen molar-refractivity contribution in [3.8, 4) is 0 Å². The number of anilines is 1. The second kappa shape index (κ2) is 6.94. The Balaban J connectivity index is 2.67. The van der Waals surface area contributed by atoms with Crippen molar-refractivity contribution in [1.29, 1.82) is 0 Å². The molecule has 2 N–H and O–H groups in total. The van der Waals surface area contributed by atoms with Crippen LogP contribution in [-0.2, 0) is 4.79 Å². The van der Waals surface area contributed by atoms with Gasteiger partial charge in [-0.3, -0.25) is 14.9 Å². The fourth-order valence-electron chi connectivity index (χ4n) is 1.39. The van der Waals surface area contributed by atoms with E-state index in [0.29, 0.717) is 12.5 Å². The zero-order chi connectivity index (χ0) is 14.4. The van der Waals surface area contributed by atoms with E-state index in [1.165, 1.54) is 18.2 Å². The Morgan fingerprint density at radius 1 is 1.47 bits per heavy atom. The predicted octanol–water partition coefficient (Wildman–Crippen LogP) is 2.43. The quantitative estimate of drug-likeness (QED) is 0.621. The van der Waals surface area contributed by atoms with Crippen LogP contribution >= 0.6 is 11.6 Å². The minimum absolute atomic E-state index is 0.0582. The first-order valence-corrected chi connectivity index (χ1v) is 6.23. The standard InChI is InChI=1S/C12H16ClN3O3/c1-8(2)6-14-11(17)7-15-12-9(13)4-3-5-10(12)16(18)19/h3-5,8,15H,6-7H2,1-2H3,(H,14,17). The number of halogens is 1. The number of nitro benzene ring substituents is 1. The molecule has 0 fully saturated rings. The van der Waals surface area contributed by atoms with Gasteiger partial charge >= 0.3 is 0 Å². The third-order valence-electron chi connectivity index (χ3n) is 2.32. The van der Waals surface area contributed by atoms with Crippen LogP contribution in [0.5, 0.6) is 0 Å². The summed E-state index contributed by atoms with van der Waals surface area (Å²) in [6, 6.07) is 4.35. The fraction of sp³-hybridized carbons (Fsp3) is 0.417. The monoisotopic (exact) mass is 285 g/mol. The number of nitrogens with zero attached hydrogens (tertiary/aromatic N) is 1. The third-order valence-corrected chi connectivity index (χ3v) is 2.64. The van der Waals surface area contributed by atoms with Gasteiger partial charge in [0.1, 0.15) is 5.69 Å². The number of nitrogens with one attached hydrogen (secondary N) is 2. The smallest absolute Gasteiger partial charge is 0.293 e. The molecule has 0 aliphatic heterocycles. The molecule has 0 saturated heterocycles. The number of carbonyl (C=O) groups is 1. The van der Waals surface area contributed by atoms with E-state index in [-0.39, 0.29) is 28.8 Å². The maximum atomic E-state index is 11.5. The van der Waals surface area contributed by atoms with E-state index in [1.54, 1.807) is 0 Å². The minimum atomic E-state index is -0.541. The lowest BCUT2D eigenvalue weighted by Crippen LogP contribution is -2.32. The van der Waals surface area contributed by atoms with Crippen LogP contribution in [0.15, 0.2) is 18.2 Å². The Hall–Kier alpha value is -1.82. The van der Waals surface area contributed by atoms with E-state index in [0.717, 1.165) is 0 Å². The molecule has 0 aliphatic rings. The molecule has 1 aromatic carbocycles. The second-order valence-electron chi connectivity index (χ2n) is 4.44. The first-order valence-electron chi connectivity index (χ1n) is 5.85. The van der Waals surface area contributed by atoms with Gasteiger partial charge in [0, 0.05) is 12.6 Å². The molecule has 0 saturated carbocycles. The van der Waals surface area contributed by atoms with E-state index in [2.05, 4.69) is 10.6 Å². The first kappa shape index (κ1) is 15.2. The summed E-state index contributed by atoms with van der Waals surface area (Å²) in [5.41, 5.74) is 0.0121. The van der Waals surface area contributed by atoms with Crippen molar-refractivity contribution in [1.82, 2.24) is 5.32 Å². The lowest BCUT2D eigenvalue weighted by molar-refractivity contribution is -0.383. The topological polar surface area (TPSA) is 84.3 Å². The summed E-state index contributed by atoms with van der Waals surface area (Å²) in [6.07, 6.45) is 0. The van der Waals surface area contributed by atoms with Crippen LogP contribution in [0.1, 0.15) is 13.8 Å². The van der Waals surface area contributed by atoms with Gasteiger partial charge in [0.2, 0.25) is 5.91 Å². The van der Waals surface area contributed by atoms with Crippen molar-refractivity contribution in [2.45, 2.75) is 13.8 Å². The summed E-state index contributed by atoms with van der Waals surface area (Å²) >= 11 is 5.89. The largest absolute Gasteiger partial charge is 0.369 e. The van der Waals surface area contributed by atoms with E-state index < -0.39 is 4.92 Å². The molecule has 0 radical (unpaired) electrons.